The number of carboxylic acids is 1. The Morgan fingerprint density at radius 2 is 2.13 bits per heavy atom. The number of nitrogens with one attached hydrogen (secondary N) is 2. The number of hydrogen-bond donors (Lipinski definition) is 3. The molecule has 0 unspecified atom stereocenters. The van der Waals surface area contributed by atoms with Gasteiger partial charge in [-0.05, 0) is 0 Å². The molecule has 15 heavy (non-hydrogen) atoms. The molecule has 0 aromatic heterocycles. The van der Waals surface area contributed by atoms with Gasteiger partial charge >= 0.3 is 5.97 Å². The Bertz CT molecular complexity index is 213. The second-order valence-electron chi connectivity index (χ2n) is 2.98. The van der Waals surface area contributed by atoms with Gasteiger partial charge in [0.15, 0.2) is 0 Å². The SMILES string of the molecule is O=[C-]NCC1(NCC(=O)O)COC1.[Cu].[Fm]. The Morgan fingerprint density at radius 1 is 1.53 bits per heavy atom. The van der Waals surface area contributed by atoms with E-state index < -0.39 is 11.5 Å². The second-order valence-corrected chi connectivity index (χ2v) is 2.98. The molecule has 0 atom stereocenters. The molecule has 1 saturated heterocycles. The molecule has 0 saturated carbocycles. The number of amides is 1. The van der Waals surface area contributed by atoms with Crippen molar-refractivity contribution in [3.63, 3.8) is 0 Å². The van der Waals surface area contributed by atoms with Crippen LogP contribution in [0.25, 0.3) is 0 Å². The Kier molecular flexibility index (Phi) is 7.15. The first-order valence-corrected chi connectivity index (χ1v) is 3.83. The van der Waals surface area contributed by atoms with Crippen molar-refractivity contribution in [1.82, 2.24) is 10.6 Å². The van der Waals surface area contributed by atoms with Crippen molar-refractivity contribution in [3.05, 3.63) is 0 Å². The van der Waals surface area contributed by atoms with Crippen LogP contribution in [0.1, 0.15) is 0 Å². The van der Waals surface area contributed by atoms with Gasteiger partial charge in [0.1, 0.15) is 0 Å². The first kappa shape index (κ1) is 15.8. The average molecular weight is 508 g/mol. The van der Waals surface area contributed by atoms with Gasteiger partial charge in [-0.15, -0.1) is 0 Å². The van der Waals surface area contributed by atoms with E-state index in [1.54, 1.807) is 0 Å². The van der Waals surface area contributed by atoms with Crippen molar-refractivity contribution in [2.75, 3.05) is 26.3 Å². The zero-order valence-electron chi connectivity index (χ0n) is 7.59. The van der Waals surface area contributed by atoms with Gasteiger partial charge in [0.05, 0.1) is 25.3 Å². The maximum atomic E-state index is 10.3. The minimum Gasteiger partial charge on any atom is -0.528 e. The van der Waals surface area contributed by atoms with E-state index in [-0.39, 0.29) is 23.6 Å². The maximum Gasteiger partial charge on any atom is 0.317 e. The summed E-state index contributed by atoms with van der Waals surface area (Å²) in [6.07, 6.45) is 1.54. The van der Waals surface area contributed by atoms with Gasteiger partial charge in [0.25, 0.3) is 0 Å². The van der Waals surface area contributed by atoms with Gasteiger partial charge in [-0.1, -0.05) is 0 Å². The van der Waals surface area contributed by atoms with Gasteiger partial charge < -0.3 is 20.0 Å². The summed E-state index contributed by atoms with van der Waals surface area (Å²) >= 11 is 0. The topological polar surface area (TPSA) is 87.7 Å². The first-order chi connectivity index (χ1) is 6.18. The van der Waals surface area contributed by atoms with Gasteiger partial charge in [-0.25, -0.2) is 0 Å². The first-order valence-electron chi connectivity index (χ1n) is 3.83. The summed E-state index contributed by atoms with van der Waals surface area (Å²) in [6, 6.07) is 0. The molecule has 0 spiro atoms. The summed E-state index contributed by atoms with van der Waals surface area (Å²) in [5.41, 5.74) is -0.421. The van der Waals surface area contributed by atoms with Gasteiger partial charge in [-0.2, -0.15) is 6.41 Å². The van der Waals surface area contributed by atoms with Crippen LogP contribution in [0, 0.1) is 0 Å². The fraction of sp³-hybridized carbons (Fsp3) is 0.714. The predicted molar refractivity (Wildman–Crippen MR) is 42.9 cm³/mol. The molecule has 0 aromatic rings. The molecule has 1 heterocycles. The molecule has 8 heteroatoms. The third-order valence-electron chi connectivity index (χ3n) is 1.87. The molecule has 0 bridgehead atoms. The molecule has 1 rings (SSSR count). The predicted octanol–water partition coefficient (Wildman–Crippen LogP) is -1.92. The largest absolute Gasteiger partial charge is 0.528 e. The van der Waals surface area contributed by atoms with Crippen LogP contribution in [-0.4, -0.2) is 49.3 Å². The number of aliphatic carboxylic acids is 1. The number of rotatable bonds is 6. The molecule has 0 aliphatic carbocycles. The van der Waals surface area contributed by atoms with Crippen molar-refractivity contribution in [3.8, 4) is 0 Å². The normalized spacial score (nSPS) is 16.3. The fourth-order valence-electron chi connectivity index (χ4n) is 1.08. The minimum absolute atomic E-state index is 0. The zero-order valence-corrected chi connectivity index (χ0v) is 10.9. The molecule has 1 radical (unpaired) electrons. The molecular formula is C7H11CuFmN2O4-. The van der Waals surface area contributed by atoms with E-state index in [0.29, 0.717) is 19.8 Å². The Labute approximate surface area is 91.8 Å². The second kappa shape index (κ2) is 6.78. The van der Waals surface area contributed by atoms with Crippen LogP contribution in [0.3, 0.4) is 0 Å². The summed E-state index contributed by atoms with van der Waals surface area (Å²) in [5, 5.41) is 13.6. The van der Waals surface area contributed by atoms with E-state index >= 15 is 0 Å². The monoisotopic (exact) mass is 507 g/mol. The molecule has 0 aromatic carbocycles. The molecule has 1 amide bonds. The van der Waals surface area contributed by atoms with Gasteiger partial charge in [-0.3, -0.25) is 10.1 Å². The molecule has 1 fully saturated rings. The van der Waals surface area contributed by atoms with E-state index in [9.17, 15) is 9.59 Å². The van der Waals surface area contributed by atoms with Crippen LogP contribution in [0.5, 0.6) is 0 Å². The van der Waals surface area contributed by atoms with Gasteiger partial charge in [0, 0.05) is 23.6 Å². The molecule has 97 valence electrons. The van der Waals surface area contributed by atoms with E-state index in [4.69, 9.17) is 9.84 Å². The maximum absolute atomic E-state index is 10.3. The number of ether oxygens (including phenoxy) is 1. The molecule has 6 nitrogen and oxygen atoms in total. The zero-order chi connectivity index (χ0) is 9.73. The van der Waals surface area contributed by atoms with Gasteiger partial charge in [0.2, 0.25) is 0 Å². The molecular weight excluding hydrogens is 497 g/mol. The fourth-order valence-corrected chi connectivity index (χ4v) is 1.08. The van der Waals surface area contributed by atoms with Crippen LogP contribution in [0.15, 0.2) is 0 Å². The Morgan fingerprint density at radius 3 is 2.47 bits per heavy atom. The minimum atomic E-state index is -0.929. The van der Waals surface area contributed by atoms with E-state index in [1.165, 1.54) is 6.41 Å². The van der Waals surface area contributed by atoms with Crippen molar-refractivity contribution in [1.29, 1.82) is 0 Å². The van der Waals surface area contributed by atoms with E-state index in [0.717, 1.165) is 0 Å². The van der Waals surface area contributed by atoms with Crippen molar-refractivity contribution in [2.45, 2.75) is 5.54 Å². The summed E-state index contributed by atoms with van der Waals surface area (Å²) in [5.74, 6) is -0.929. The number of carboxylic acid groups (broad SMARTS) is 1. The van der Waals surface area contributed by atoms with E-state index in [2.05, 4.69) is 10.6 Å². The number of carbonyl (C=O) groups excluding carboxylic acids is 1. The standard InChI is InChI=1S/C7H11N2O4.Cu.Fm/c10-5-8-2-7(3-13-4-7)9-1-6(11)12;;/h9H,1-4H2,(H,8,10)(H,11,12);;/q-1;;. The number of hydrogen-bond acceptors (Lipinski definition) is 4. The summed E-state index contributed by atoms with van der Waals surface area (Å²) < 4.78 is 4.94. The van der Waals surface area contributed by atoms with Crippen molar-refractivity contribution >= 4 is 12.4 Å². The third-order valence-corrected chi connectivity index (χ3v) is 1.87. The summed E-state index contributed by atoms with van der Waals surface area (Å²) in [7, 11) is 0. The molecule has 1 aliphatic rings. The van der Waals surface area contributed by atoms with Crippen LogP contribution in [0.4, 0.5) is 0 Å². The quantitative estimate of drug-likeness (QED) is 0.222. The smallest absolute Gasteiger partial charge is 0.317 e. The van der Waals surface area contributed by atoms with Crippen LogP contribution in [0.2, 0.25) is 0 Å². The Hall–Kier alpha value is -1.62. The summed E-state index contributed by atoms with van der Waals surface area (Å²) in [4.78, 5) is 20.2. The Balaban J connectivity index is 0. The summed E-state index contributed by atoms with van der Waals surface area (Å²) in [6.45, 7) is 1.03. The third kappa shape index (κ3) is 4.42. The number of carbonyl (C=O) groups is 1. The van der Waals surface area contributed by atoms with Crippen molar-refractivity contribution in [2.24, 2.45) is 0 Å². The molecule has 3 N–H and O–H groups in total. The average Bonchev–Trinajstić information content (AvgIpc) is 2.02. The van der Waals surface area contributed by atoms with Crippen molar-refractivity contribution < 1.29 is 36.5 Å². The van der Waals surface area contributed by atoms with E-state index in [1.807, 2.05) is 0 Å². The molecule has 1 aliphatic heterocycles. The van der Waals surface area contributed by atoms with Crippen LogP contribution in [-0.2, 0) is 31.4 Å². The van der Waals surface area contributed by atoms with Crippen LogP contribution < -0.4 is 10.6 Å². The van der Waals surface area contributed by atoms with Crippen LogP contribution >= 0.6 is 0 Å².